The molecule has 0 radical (unpaired) electrons. The van der Waals surface area contributed by atoms with Crippen molar-refractivity contribution >= 4 is 12.0 Å². The van der Waals surface area contributed by atoms with Gasteiger partial charge in [-0.25, -0.2) is 4.79 Å². The molecule has 0 unspecified atom stereocenters. The van der Waals surface area contributed by atoms with Gasteiger partial charge in [0.15, 0.2) is 0 Å². The number of ether oxygens (including phenoxy) is 1. The van der Waals surface area contributed by atoms with Crippen LogP contribution < -0.4 is 0 Å². The number of piperidine rings is 1. The Kier molecular flexibility index (Phi) is 6.46. The van der Waals surface area contributed by atoms with Gasteiger partial charge in [0, 0.05) is 39.4 Å². The summed E-state index contributed by atoms with van der Waals surface area (Å²) in [6.45, 7) is 11.3. The van der Waals surface area contributed by atoms with Crippen molar-refractivity contribution in [2.24, 2.45) is 0 Å². The van der Waals surface area contributed by atoms with Crippen LogP contribution in [0.25, 0.3) is 0 Å². The average molecular weight is 417 g/mol. The van der Waals surface area contributed by atoms with Crippen molar-refractivity contribution in [1.29, 1.82) is 0 Å². The van der Waals surface area contributed by atoms with Crippen LogP contribution in [-0.2, 0) is 9.53 Å². The van der Waals surface area contributed by atoms with Crippen LogP contribution in [0.2, 0.25) is 0 Å². The Morgan fingerprint density at radius 2 is 1.83 bits per heavy atom. The maximum Gasteiger partial charge on any atom is 0.410 e. The number of hydrogen-bond donors (Lipinski definition) is 1. The van der Waals surface area contributed by atoms with Crippen LogP contribution in [0.3, 0.4) is 0 Å². The predicted molar refractivity (Wildman–Crippen MR) is 116 cm³/mol. The van der Waals surface area contributed by atoms with Crippen LogP contribution >= 0.6 is 0 Å². The van der Waals surface area contributed by atoms with Gasteiger partial charge >= 0.3 is 6.09 Å². The maximum atomic E-state index is 12.7. The molecule has 2 saturated heterocycles. The van der Waals surface area contributed by atoms with Crippen molar-refractivity contribution in [2.45, 2.75) is 83.5 Å². The first kappa shape index (κ1) is 22.6. The molecule has 2 atom stereocenters. The predicted octanol–water partition coefficient (Wildman–Crippen LogP) is 4.24. The summed E-state index contributed by atoms with van der Waals surface area (Å²) in [4.78, 5) is 27.9. The molecule has 0 spiro atoms. The number of aliphatic hydroxyl groups is 1. The zero-order valence-electron chi connectivity index (χ0n) is 19.0. The Balaban J connectivity index is 1.60. The van der Waals surface area contributed by atoms with Gasteiger partial charge in [0.25, 0.3) is 0 Å². The molecule has 3 rings (SSSR count). The lowest BCUT2D eigenvalue weighted by molar-refractivity contribution is -0.129. The molecular formula is C24H36N2O4. The van der Waals surface area contributed by atoms with Gasteiger partial charge < -0.3 is 19.6 Å². The van der Waals surface area contributed by atoms with Crippen LogP contribution in [-0.4, -0.2) is 57.7 Å². The molecule has 166 valence electrons. The molecule has 0 saturated carbocycles. The first-order valence-corrected chi connectivity index (χ1v) is 11.0. The largest absolute Gasteiger partial charge is 0.443 e. The van der Waals surface area contributed by atoms with Gasteiger partial charge in [-0.15, -0.1) is 0 Å². The molecule has 30 heavy (non-hydrogen) atoms. The lowest BCUT2D eigenvalue weighted by Gasteiger charge is -2.43. The standard InChI is InChI=1S/C24H36N2O4/c1-17(26-15-12-24(5,30-22(26)28)16-23(3,4)29)19-6-8-20(9-7-19)21-10-13-25(14-11-21)18(2)27/h6-9,17,21,29H,10-16H2,1-5H3/t17-,24-/m0/s1. The van der Waals surface area contributed by atoms with E-state index in [1.165, 1.54) is 5.56 Å². The molecule has 6 heteroatoms. The van der Waals surface area contributed by atoms with Gasteiger partial charge in [-0.2, -0.15) is 0 Å². The van der Waals surface area contributed by atoms with Crippen molar-refractivity contribution in [3.63, 3.8) is 0 Å². The number of cyclic esters (lactones) is 1. The molecule has 1 aromatic rings. The molecule has 2 amide bonds. The molecule has 0 aromatic heterocycles. The summed E-state index contributed by atoms with van der Waals surface area (Å²) in [5.74, 6) is 0.636. The Bertz CT molecular complexity index is 762. The van der Waals surface area contributed by atoms with Crippen molar-refractivity contribution in [3.8, 4) is 0 Å². The van der Waals surface area contributed by atoms with Crippen LogP contribution in [0, 0.1) is 0 Å². The Labute approximate surface area is 180 Å². The topological polar surface area (TPSA) is 70.1 Å². The summed E-state index contributed by atoms with van der Waals surface area (Å²) in [7, 11) is 0. The fourth-order valence-corrected chi connectivity index (χ4v) is 4.91. The molecular weight excluding hydrogens is 380 g/mol. The van der Waals surface area contributed by atoms with E-state index >= 15 is 0 Å². The van der Waals surface area contributed by atoms with Gasteiger partial charge in [-0.05, 0) is 57.6 Å². The summed E-state index contributed by atoms with van der Waals surface area (Å²) in [5.41, 5.74) is 0.875. The highest BCUT2D eigenvalue weighted by atomic mass is 16.6. The van der Waals surface area contributed by atoms with Gasteiger partial charge in [0.2, 0.25) is 5.91 Å². The van der Waals surface area contributed by atoms with E-state index in [0.29, 0.717) is 25.3 Å². The molecule has 1 aromatic carbocycles. The highest BCUT2D eigenvalue weighted by molar-refractivity contribution is 5.73. The van der Waals surface area contributed by atoms with Gasteiger partial charge in [-0.3, -0.25) is 4.79 Å². The third-order valence-electron chi connectivity index (χ3n) is 6.55. The summed E-state index contributed by atoms with van der Waals surface area (Å²) in [5, 5.41) is 10.1. The number of likely N-dealkylation sites (tertiary alicyclic amines) is 1. The van der Waals surface area contributed by atoms with E-state index in [9.17, 15) is 14.7 Å². The zero-order valence-corrected chi connectivity index (χ0v) is 19.0. The quantitative estimate of drug-likeness (QED) is 0.780. The van der Waals surface area contributed by atoms with Gasteiger partial charge in [0.05, 0.1) is 11.6 Å². The number of hydrogen-bond acceptors (Lipinski definition) is 4. The summed E-state index contributed by atoms with van der Waals surface area (Å²) < 4.78 is 5.75. The molecule has 0 bridgehead atoms. The summed E-state index contributed by atoms with van der Waals surface area (Å²) in [6, 6.07) is 8.46. The van der Waals surface area contributed by atoms with Crippen LogP contribution in [0.15, 0.2) is 24.3 Å². The second-order valence-corrected chi connectivity index (χ2v) is 9.87. The summed E-state index contributed by atoms with van der Waals surface area (Å²) >= 11 is 0. The third-order valence-corrected chi connectivity index (χ3v) is 6.55. The number of amides is 2. The first-order valence-electron chi connectivity index (χ1n) is 11.0. The van der Waals surface area contributed by atoms with Crippen LogP contribution in [0.1, 0.15) is 83.4 Å². The normalized spacial score (nSPS) is 24.5. The fourth-order valence-electron chi connectivity index (χ4n) is 4.91. The monoisotopic (exact) mass is 416 g/mol. The van der Waals surface area contributed by atoms with Gasteiger partial charge in [0.1, 0.15) is 5.60 Å². The van der Waals surface area contributed by atoms with Crippen LogP contribution in [0.5, 0.6) is 0 Å². The number of nitrogens with zero attached hydrogens (tertiary/aromatic N) is 2. The van der Waals surface area contributed by atoms with E-state index in [1.54, 1.807) is 25.7 Å². The SMILES string of the molecule is CC(=O)N1CCC(c2ccc([C@H](C)N3CC[C@@](C)(CC(C)(C)O)OC3=O)cc2)CC1. The average Bonchev–Trinajstić information content (AvgIpc) is 2.66. The van der Waals surface area contributed by atoms with Crippen LogP contribution in [0.4, 0.5) is 4.79 Å². The smallest absolute Gasteiger partial charge is 0.410 e. The molecule has 2 aliphatic rings. The van der Waals surface area contributed by atoms with Crippen molar-refractivity contribution in [1.82, 2.24) is 9.80 Å². The molecule has 2 heterocycles. The maximum absolute atomic E-state index is 12.7. The lowest BCUT2D eigenvalue weighted by atomic mass is 9.86. The van der Waals surface area contributed by atoms with E-state index in [-0.39, 0.29) is 18.0 Å². The third kappa shape index (κ3) is 5.34. The Morgan fingerprint density at radius 3 is 2.33 bits per heavy atom. The summed E-state index contributed by atoms with van der Waals surface area (Å²) in [6.07, 6.45) is 2.78. The minimum atomic E-state index is -0.876. The van der Waals surface area contributed by atoms with Crippen molar-refractivity contribution in [3.05, 3.63) is 35.4 Å². The number of rotatable bonds is 5. The molecule has 0 aliphatic carbocycles. The van der Waals surface area contributed by atoms with E-state index < -0.39 is 11.2 Å². The second kappa shape index (κ2) is 8.58. The fraction of sp³-hybridized carbons (Fsp3) is 0.667. The number of carbonyl (C=O) groups is 2. The van der Waals surface area contributed by atoms with E-state index in [4.69, 9.17) is 4.74 Å². The zero-order chi connectivity index (χ0) is 22.1. The van der Waals surface area contributed by atoms with Gasteiger partial charge in [-0.1, -0.05) is 24.3 Å². The molecule has 6 nitrogen and oxygen atoms in total. The molecule has 2 aliphatic heterocycles. The lowest BCUT2D eigenvalue weighted by Crippen LogP contribution is -2.51. The highest BCUT2D eigenvalue weighted by Gasteiger charge is 2.41. The van der Waals surface area contributed by atoms with E-state index in [1.807, 2.05) is 18.7 Å². The number of carbonyl (C=O) groups excluding carboxylic acids is 2. The highest BCUT2D eigenvalue weighted by Crippen LogP contribution is 2.35. The molecule has 2 fully saturated rings. The minimum absolute atomic E-state index is 0.0715. The first-order chi connectivity index (χ1) is 14.0. The Hall–Kier alpha value is -2.08. The Morgan fingerprint density at radius 1 is 1.23 bits per heavy atom. The van der Waals surface area contributed by atoms with E-state index in [0.717, 1.165) is 31.5 Å². The minimum Gasteiger partial charge on any atom is -0.443 e. The molecule has 1 N–H and O–H groups in total. The number of benzene rings is 1. The second-order valence-electron chi connectivity index (χ2n) is 9.87. The van der Waals surface area contributed by atoms with Crippen molar-refractivity contribution < 1.29 is 19.4 Å². The van der Waals surface area contributed by atoms with Crippen molar-refractivity contribution in [2.75, 3.05) is 19.6 Å². The van der Waals surface area contributed by atoms with E-state index in [2.05, 4.69) is 24.3 Å².